The third-order valence-electron chi connectivity index (χ3n) is 10.2. The molecule has 0 radical (unpaired) electrons. The zero-order valence-corrected chi connectivity index (χ0v) is 31.5. The number of benzene rings is 8. The molecule has 0 amide bonds. The smallest absolute Gasteiger partial charge is 0.361 e. The largest absolute Gasteiger partial charge is 0.456 e. The topological polar surface area (TPSA) is 102 Å². The lowest BCUT2D eigenvalue weighted by molar-refractivity contribution is 0.0450. The summed E-state index contributed by atoms with van der Waals surface area (Å²) in [5.41, 5.74) is 3.44. The maximum Gasteiger partial charge on any atom is 0.361 e. The van der Waals surface area contributed by atoms with Crippen molar-refractivity contribution in [3.8, 4) is 0 Å². The second-order valence-electron chi connectivity index (χ2n) is 14.2. The monoisotopic (exact) mass is 758 g/mol. The molecule has 0 fully saturated rings. The third-order valence-corrected chi connectivity index (χ3v) is 10.2. The first-order valence-electron chi connectivity index (χ1n) is 19.2. The maximum atomic E-state index is 14.1. The molecular formula is C50H38N4O4. The summed E-state index contributed by atoms with van der Waals surface area (Å²) in [5, 5.41) is 15.2. The van der Waals surface area contributed by atoms with E-state index >= 15 is 0 Å². The molecule has 8 nitrogen and oxygen atoms in total. The quantitative estimate of drug-likeness (QED) is 0.119. The SMILES string of the molecule is O=C(OCc1ccc2ccccc2c1)c1nc(NCc2ccc3ccccc3c2)c(C(=O)OCc2ccc3ccccc3c2)nc1NCc1ccc2ccccc2c1. The molecule has 58 heavy (non-hydrogen) atoms. The Kier molecular flexibility index (Phi) is 10.1. The van der Waals surface area contributed by atoms with Gasteiger partial charge in [0.2, 0.25) is 0 Å². The van der Waals surface area contributed by atoms with Crippen LogP contribution in [-0.2, 0) is 35.8 Å². The van der Waals surface area contributed by atoms with Crippen molar-refractivity contribution < 1.29 is 19.1 Å². The van der Waals surface area contributed by atoms with Crippen LogP contribution in [0.25, 0.3) is 43.1 Å². The van der Waals surface area contributed by atoms with Gasteiger partial charge in [-0.05, 0) is 89.6 Å². The van der Waals surface area contributed by atoms with Gasteiger partial charge in [0.15, 0.2) is 23.0 Å². The Morgan fingerprint density at radius 3 is 1.02 bits per heavy atom. The summed E-state index contributed by atoms with van der Waals surface area (Å²) < 4.78 is 11.8. The van der Waals surface area contributed by atoms with E-state index in [1.807, 2.05) is 146 Å². The molecule has 9 rings (SSSR count). The molecule has 0 aliphatic rings. The molecule has 0 aliphatic carbocycles. The number of hydrogen-bond acceptors (Lipinski definition) is 8. The molecule has 1 heterocycles. The molecule has 1 aromatic heterocycles. The zero-order chi connectivity index (χ0) is 39.3. The summed E-state index contributed by atoms with van der Waals surface area (Å²) >= 11 is 0. The summed E-state index contributed by atoms with van der Waals surface area (Å²) in [7, 11) is 0. The molecule has 0 saturated carbocycles. The molecule has 0 unspecified atom stereocenters. The summed E-state index contributed by atoms with van der Waals surface area (Å²) in [5.74, 6) is -1.17. The Balaban J connectivity index is 1.05. The third kappa shape index (κ3) is 8.03. The second kappa shape index (κ2) is 16.3. The first kappa shape index (κ1) is 36.1. The van der Waals surface area contributed by atoms with Crippen LogP contribution >= 0.6 is 0 Å². The van der Waals surface area contributed by atoms with Gasteiger partial charge in [0.05, 0.1) is 0 Å². The van der Waals surface area contributed by atoms with Crippen LogP contribution in [0.2, 0.25) is 0 Å². The molecular weight excluding hydrogens is 721 g/mol. The highest BCUT2D eigenvalue weighted by Crippen LogP contribution is 2.26. The number of carbonyl (C=O) groups is 2. The lowest BCUT2D eigenvalue weighted by atomic mass is 10.1. The molecule has 0 saturated heterocycles. The van der Waals surface area contributed by atoms with Gasteiger partial charge in [0.25, 0.3) is 0 Å². The second-order valence-corrected chi connectivity index (χ2v) is 14.2. The zero-order valence-electron chi connectivity index (χ0n) is 31.5. The Morgan fingerprint density at radius 2 is 0.672 bits per heavy atom. The lowest BCUT2D eigenvalue weighted by Gasteiger charge is -2.16. The van der Waals surface area contributed by atoms with E-state index in [1.165, 1.54) is 0 Å². The number of fused-ring (bicyclic) bond motifs is 4. The van der Waals surface area contributed by atoms with Crippen LogP contribution in [0.1, 0.15) is 43.2 Å². The van der Waals surface area contributed by atoms with Crippen LogP contribution in [0.15, 0.2) is 170 Å². The normalized spacial score (nSPS) is 11.2. The molecule has 9 aromatic rings. The molecule has 8 heteroatoms. The predicted octanol–water partition coefficient (Wildman–Crippen LogP) is 11.0. The number of ether oxygens (including phenoxy) is 2. The fraction of sp³-hybridized carbons (Fsp3) is 0.0800. The van der Waals surface area contributed by atoms with Gasteiger partial charge in [-0.2, -0.15) is 0 Å². The Labute approximate surface area is 335 Å². The van der Waals surface area contributed by atoms with Crippen LogP contribution < -0.4 is 10.6 Å². The molecule has 282 valence electrons. The lowest BCUT2D eigenvalue weighted by Crippen LogP contribution is -2.20. The Morgan fingerprint density at radius 1 is 0.379 bits per heavy atom. The minimum absolute atomic E-state index is 0.0187. The molecule has 0 spiro atoms. The van der Waals surface area contributed by atoms with E-state index in [2.05, 4.69) is 34.9 Å². The van der Waals surface area contributed by atoms with Gasteiger partial charge < -0.3 is 20.1 Å². The molecule has 0 aliphatic heterocycles. The predicted molar refractivity (Wildman–Crippen MR) is 231 cm³/mol. The summed E-state index contributed by atoms with van der Waals surface area (Å²) in [6, 6.07) is 56.4. The molecule has 2 N–H and O–H groups in total. The summed E-state index contributed by atoms with van der Waals surface area (Å²) in [4.78, 5) is 37.7. The van der Waals surface area contributed by atoms with Gasteiger partial charge >= 0.3 is 11.9 Å². The number of anilines is 2. The highest BCUT2D eigenvalue weighted by atomic mass is 16.5. The van der Waals surface area contributed by atoms with Crippen molar-refractivity contribution in [3.63, 3.8) is 0 Å². The van der Waals surface area contributed by atoms with E-state index in [0.717, 1.165) is 65.3 Å². The van der Waals surface area contributed by atoms with Gasteiger partial charge in [-0.15, -0.1) is 0 Å². The summed E-state index contributed by atoms with van der Waals surface area (Å²) in [6.45, 7) is 0.648. The van der Waals surface area contributed by atoms with Crippen molar-refractivity contribution in [2.45, 2.75) is 26.3 Å². The number of hydrogen-bond donors (Lipinski definition) is 2. The van der Waals surface area contributed by atoms with Crippen LogP contribution in [0.4, 0.5) is 11.6 Å². The van der Waals surface area contributed by atoms with Gasteiger partial charge in [-0.1, -0.05) is 146 Å². The number of rotatable bonds is 12. The standard InChI is InChI=1S/C50H38N4O4/c55-49(57-31-35-19-23-39-11-3-7-15-43(39)27-35)45-47(51-29-33-17-21-37-9-1-5-13-41(37)25-33)53-46(50(56)58-32-36-20-24-40-12-4-8-16-44(40)28-36)48(54-45)52-30-34-18-22-38-10-2-6-14-42(38)26-34/h1-28H,29-32H2,(H,51,53)(H,52,54). The number of esters is 2. The molecule has 0 bridgehead atoms. The molecule has 0 atom stereocenters. The van der Waals surface area contributed by atoms with Crippen LogP contribution in [0.3, 0.4) is 0 Å². The van der Waals surface area contributed by atoms with E-state index in [0.29, 0.717) is 13.1 Å². The number of nitrogens with one attached hydrogen (secondary N) is 2. The van der Waals surface area contributed by atoms with Crippen molar-refractivity contribution in [2.24, 2.45) is 0 Å². The van der Waals surface area contributed by atoms with Crippen molar-refractivity contribution in [2.75, 3.05) is 10.6 Å². The minimum Gasteiger partial charge on any atom is -0.456 e. The fourth-order valence-electron chi connectivity index (χ4n) is 7.13. The Bertz CT molecular complexity index is 2780. The van der Waals surface area contributed by atoms with Gasteiger partial charge in [0.1, 0.15) is 13.2 Å². The van der Waals surface area contributed by atoms with E-state index in [4.69, 9.17) is 19.4 Å². The van der Waals surface area contributed by atoms with E-state index in [1.54, 1.807) is 0 Å². The first-order valence-corrected chi connectivity index (χ1v) is 19.2. The molecule has 8 aromatic carbocycles. The van der Waals surface area contributed by atoms with Crippen molar-refractivity contribution in [1.82, 2.24) is 9.97 Å². The van der Waals surface area contributed by atoms with Gasteiger partial charge in [-0.3, -0.25) is 0 Å². The van der Waals surface area contributed by atoms with Crippen molar-refractivity contribution in [1.29, 1.82) is 0 Å². The van der Waals surface area contributed by atoms with Gasteiger partial charge in [0, 0.05) is 13.1 Å². The van der Waals surface area contributed by atoms with Crippen LogP contribution in [0.5, 0.6) is 0 Å². The average molecular weight is 759 g/mol. The van der Waals surface area contributed by atoms with Crippen molar-refractivity contribution in [3.05, 3.63) is 203 Å². The van der Waals surface area contributed by atoms with E-state index < -0.39 is 11.9 Å². The number of nitrogens with zero attached hydrogens (tertiary/aromatic N) is 2. The summed E-state index contributed by atoms with van der Waals surface area (Å²) in [6.07, 6.45) is 0. The van der Waals surface area contributed by atoms with Crippen LogP contribution in [-0.4, -0.2) is 21.9 Å². The van der Waals surface area contributed by atoms with E-state index in [9.17, 15) is 9.59 Å². The van der Waals surface area contributed by atoms with Crippen LogP contribution in [0, 0.1) is 0 Å². The number of carbonyl (C=O) groups excluding carboxylic acids is 2. The Hall–Kier alpha value is -7.58. The number of aromatic nitrogens is 2. The highest BCUT2D eigenvalue weighted by Gasteiger charge is 2.26. The van der Waals surface area contributed by atoms with Crippen molar-refractivity contribution >= 4 is 66.7 Å². The maximum absolute atomic E-state index is 14.1. The van der Waals surface area contributed by atoms with Gasteiger partial charge in [-0.25, -0.2) is 19.6 Å². The first-order chi connectivity index (χ1) is 28.5. The minimum atomic E-state index is -0.688. The highest BCUT2D eigenvalue weighted by molar-refractivity contribution is 5.98. The van der Waals surface area contributed by atoms with E-state index in [-0.39, 0.29) is 36.2 Å². The fourth-order valence-corrected chi connectivity index (χ4v) is 7.13. The average Bonchev–Trinajstić information content (AvgIpc) is 3.28.